The molecule has 0 atom stereocenters. The molecule has 0 unspecified atom stereocenters. The van der Waals surface area contributed by atoms with Gasteiger partial charge in [0.1, 0.15) is 17.9 Å². The first-order chi connectivity index (χ1) is 10.4. The Bertz CT molecular complexity index is 792. The Morgan fingerprint density at radius 1 is 1.36 bits per heavy atom. The number of aromatic hydroxyl groups is 1. The molecule has 0 aliphatic carbocycles. The second-order valence-electron chi connectivity index (χ2n) is 4.60. The lowest BCUT2D eigenvalue weighted by molar-refractivity contribution is -0.141. The fourth-order valence-electron chi connectivity index (χ4n) is 1.94. The predicted molar refractivity (Wildman–Crippen MR) is 77.9 cm³/mol. The van der Waals surface area contributed by atoms with E-state index in [1.165, 1.54) is 0 Å². The third kappa shape index (κ3) is 3.08. The number of fused-ring (bicyclic) bond motifs is 1. The average molecular weight is 305 g/mol. The number of nitrogens with one attached hydrogen (secondary N) is 1. The van der Waals surface area contributed by atoms with Crippen molar-refractivity contribution in [3.8, 4) is 5.75 Å². The number of benzene rings is 1. The van der Waals surface area contributed by atoms with Crippen LogP contribution in [0.4, 0.5) is 0 Å². The highest BCUT2D eigenvalue weighted by molar-refractivity contribution is 6.02. The molecule has 1 heterocycles. The second-order valence-corrected chi connectivity index (χ2v) is 4.60. The Morgan fingerprint density at radius 2 is 2.09 bits per heavy atom. The highest BCUT2D eigenvalue weighted by Gasteiger charge is 2.21. The number of carbonyl (C=O) groups is 2. The number of aryl methyl sites for hydroxylation is 1. The molecule has 0 aliphatic heterocycles. The fourth-order valence-corrected chi connectivity index (χ4v) is 1.94. The van der Waals surface area contributed by atoms with E-state index in [0.717, 1.165) is 5.56 Å². The number of rotatable bonds is 4. The number of hydrogen-bond donors (Lipinski definition) is 2. The van der Waals surface area contributed by atoms with Gasteiger partial charge < -0.3 is 19.6 Å². The summed E-state index contributed by atoms with van der Waals surface area (Å²) in [5, 5.41) is 12.6. The molecule has 22 heavy (non-hydrogen) atoms. The maximum absolute atomic E-state index is 12.0. The summed E-state index contributed by atoms with van der Waals surface area (Å²) in [6, 6.07) is 4.84. The van der Waals surface area contributed by atoms with Crippen molar-refractivity contribution in [1.29, 1.82) is 0 Å². The molecule has 7 nitrogen and oxygen atoms in total. The first-order valence-electron chi connectivity index (χ1n) is 6.64. The maximum atomic E-state index is 12.0. The summed E-state index contributed by atoms with van der Waals surface area (Å²) in [5.41, 5.74) is -0.489. The summed E-state index contributed by atoms with van der Waals surface area (Å²) in [5.74, 6) is -2.02. The standard InChI is InChI=1S/C15H15NO6/c1-3-21-11(17)7-16-14(19)12-13(18)9-5-4-8(2)6-10(9)22-15(12)20/h4-6,18H,3,7H2,1-2H3,(H,16,19). The van der Waals surface area contributed by atoms with Gasteiger partial charge in [-0.1, -0.05) is 6.07 Å². The predicted octanol–water partition coefficient (Wildman–Crippen LogP) is 1.10. The normalized spacial score (nSPS) is 10.5. The first kappa shape index (κ1) is 15.6. The Hall–Kier alpha value is -2.83. The second kappa shape index (κ2) is 6.30. The highest BCUT2D eigenvalue weighted by atomic mass is 16.5. The van der Waals surface area contributed by atoms with E-state index >= 15 is 0 Å². The zero-order valence-corrected chi connectivity index (χ0v) is 12.1. The van der Waals surface area contributed by atoms with Crippen LogP contribution in [0.15, 0.2) is 27.4 Å². The Kier molecular flexibility index (Phi) is 4.45. The van der Waals surface area contributed by atoms with Gasteiger partial charge in [-0.05, 0) is 31.5 Å². The van der Waals surface area contributed by atoms with Gasteiger partial charge in [0.15, 0.2) is 5.56 Å². The molecule has 1 aromatic heterocycles. The van der Waals surface area contributed by atoms with Gasteiger partial charge in [-0.15, -0.1) is 0 Å². The average Bonchev–Trinajstić information content (AvgIpc) is 2.45. The Balaban J connectivity index is 2.35. The molecular formula is C15H15NO6. The number of amides is 1. The van der Waals surface area contributed by atoms with Crippen LogP contribution in [-0.4, -0.2) is 30.1 Å². The van der Waals surface area contributed by atoms with Gasteiger partial charge in [-0.25, -0.2) is 4.79 Å². The van der Waals surface area contributed by atoms with Crippen LogP contribution in [0.25, 0.3) is 11.0 Å². The Morgan fingerprint density at radius 3 is 2.77 bits per heavy atom. The van der Waals surface area contributed by atoms with Crippen molar-refractivity contribution in [2.24, 2.45) is 0 Å². The minimum atomic E-state index is -0.975. The molecule has 1 aromatic carbocycles. The third-order valence-corrected chi connectivity index (χ3v) is 2.96. The first-order valence-corrected chi connectivity index (χ1v) is 6.64. The van der Waals surface area contributed by atoms with E-state index in [9.17, 15) is 19.5 Å². The van der Waals surface area contributed by atoms with Crippen LogP contribution in [0.5, 0.6) is 5.75 Å². The zero-order chi connectivity index (χ0) is 16.3. The van der Waals surface area contributed by atoms with Crippen molar-refractivity contribution < 1.29 is 23.8 Å². The number of esters is 1. The molecule has 7 heteroatoms. The largest absolute Gasteiger partial charge is 0.506 e. The minimum Gasteiger partial charge on any atom is -0.506 e. The lowest BCUT2D eigenvalue weighted by Crippen LogP contribution is -2.33. The molecule has 2 rings (SSSR count). The number of carbonyl (C=O) groups excluding carboxylic acids is 2. The Labute approximate surface area is 125 Å². The van der Waals surface area contributed by atoms with E-state index in [2.05, 4.69) is 10.1 Å². The highest BCUT2D eigenvalue weighted by Crippen LogP contribution is 2.26. The van der Waals surface area contributed by atoms with Gasteiger partial charge in [0.2, 0.25) is 0 Å². The van der Waals surface area contributed by atoms with Crippen LogP contribution in [0.1, 0.15) is 22.8 Å². The molecule has 0 saturated heterocycles. The lowest BCUT2D eigenvalue weighted by atomic mass is 10.1. The van der Waals surface area contributed by atoms with E-state index in [0.29, 0.717) is 0 Å². The van der Waals surface area contributed by atoms with E-state index in [1.54, 1.807) is 32.0 Å². The summed E-state index contributed by atoms with van der Waals surface area (Å²) in [7, 11) is 0. The summed E-state index contributed by atoms with van der Waals surface area (Å²) in [6.45, 7) is 3.21. The monoisotopic (exact) mass is 305 g/mol. The summed E-state index contributed by atoms with van der Waals surface area (Å²) >= 11 is 0. The van der Waals surface area contributed by atoms with Gasteiger partial charge in [0, 0.05) is 0 Å². The minimum absolute atomic E-state index is 0.178. The zero-order valence-electron chi connectivity index (χ0n) is 12.1. The molecule has 116 valence electrons. The van der Waals surface area contributed by atoms with E-state index in [4.69, 9.17) is 4.42 Å². The smallest absolute Gasteiger partial charge is 0.353 e. The van der Waals surface area contributed by atoms with E-state index in [-0.39, 0.29) is 17.6 Å². The van der Waals surface area contributed by atoms with Crippen LogP contribution in [0.2, 0.25) is 0 Å². The molecule has 0 radical (unpaired) electrons. The SMILES string of the molecule is CCOC(=O)CNC(=O)c1c(O)c2ccc(C)cc2oc1=O. The molecule has 2 aromatic rings. The van der Waals surface area contributed by atoms with Crippen molar-refractivity contribution >= 4 is 22.8 Å². The van der Waals surface area contributed by atoms with Crippen molar-refractivity contribution in [3.05, 3.63) is 39.7 Å². The van der Waals surface area contributed by atoms with E-state index in [1.807, 2.05) is 0 Å². The summed E-state index contributed by atoms with van der Waals surface area (Å²) < 4.78 is 9.69. The van der Waals surface area contributed by atoms with Crippen molar-refractivity contribution in [1.82, 2.24) is 5.32 Å². The lowest BCUT2D eigenvalue weighted by Gasteiger charge is -2.07. The summed E-state index contributed by atoms with van der Waals surface area (Å²) in [4.78, 5) is 35.0. The van der Waals surface area contributed by atoms with Crippen molar-refractivity contribution in [2.45, 2.75) is 13.8 Å². The molecule has 0 fully saturated rings. The number of hydrogen-bond acceptors (Lipinski definition) is 6. The van der Waals surface area contributed by atoms with Crippen LogP contribution in [0.3, 0.4) is 0 Å². The van der Waals surface area contributed by atoms with Crippen molar-refractivity contribution in [3.63, 3.8) is 0 Å². The maximum Gasteiger partial charge on any atom is 0.353 e. The quantitative estimate of drug-likeness (QED) is 0.647. The van der Waals surface area contributed by atoms with Crippen LogP contribution < -0.4 is 10.9 Å². The van der Waals surface area contributed by atoms with Gasteiger partial charge >= 0.3 is 11.6 Å². The molecule has 1 amide bonds. The topological polar surface area (TPSA) is 106 Å². The fraction of sp³-hybridized carbons (Fsp3) is 0.267. The molecule has 2 N–H and O–H groups in total. The van der Waals surface area contributed by atoms with E-state index < -0.39 is 35.4 Å². The van der Waals surface area contributed by atoms with Gasteiger partial charge in [0.25, 0.3) is 5.91 Å². The van der Waals surface area contributed by atoms with Gasteiger partial charge in [-0.2, -0.15) is 0 Å². The van der Waals surface area contributed by atoms with Crippen LogP contribution >= 0.6 is 0 Å². The van der Waals surface area contributed by atoms with Crippen LogP contribution in [-0.2, 0) is 9.53 Å². The van der Waals surface area contributed by atoms with Crippen molar-refractivity contribution in [2.75, 3.05) is 13.2 Å². The molecular weight excluding hydrogens is 290 g/mol. The van der Waals surface area contributed by atoms with Crippen LogP contribution in [0, 0.1) is 6.92 Å². The molecule has 0 saturated carbocycles. The van der Waals surface area contributed by atoms with Gasteiger partial charge in [0.05, 0.1) is 12.0 Å². The van der Waals surface area contributed by atoms with Gasteiger partial charge in [-0.3, -0.25) is 9.59 Å². The third-order valence-electron chi connectivity index (χ3n) is 2.96. The molecule has 0 aliphatic rings. The summed E-state index contributed by atoms with van der Waals surface area (Å²) in [6.07, 6.45) is 0. The molecule has 0 bridgehead atoms. The number of ether oxygens (including phenoxy) is 1. The molecule has 0 spiro atoms.